The molecule has 0 unspecified atom stereocenters. The van der Waals surface area contributed by atoms with Crippen LogP contribution in [0.3, 0.4) is 0 Å². The van der Waals surface area contributed by atoms with E-state index >= 15 is 0 Å². The first-order valence-electron chi connectivity index (χ1n) is 5.13. The summed E-state index contributed by atoms with van der Waals surface area (Å²) in [6.07, 6.45) is 1.20. The minimum Gasteiger partial charge on any atom is -0.368 e. The molecule has 2 amide bonds. The summed E-state index contributed by atoms with van der Waals surface area (Å²) >= 11 is 0. The van der Waals surface area contributed by atoms with Crippen LogP contribution in [0.2, 0.25) is 0 Å². The Hall–Kier alpha value is -1.10. The van der Waals surface area contributed by atoms with Crippen LogP contribution >= 0.6 is 0 Å². The van der Waals surface area contributed by atoms with Gasteiger partial charge in [0.2, 0.25) is 5.91 Å². The van der Waals surface area contributed by atoms with Gasteiger partial charge in [-0.1, -0.05) is 20.8 Å². The molecular formula is C10H18N2O3. The van der Waals surface area contributed by atoms with Crippen molar-refractivity contribution < 1.29 is 14.3 Å². The molecular weight excluding hydrogens is 196 g/mol. The van der Waals surface area contributed by atoms with E-state index in [9.17, 15) is 9.59 Å². The number of hydrogen-bond donors (Lipinski definition) is 2. The molecule has 0 bridgehead atoms. The molecule has 1 rings (SSSR count). The van der Waals surface area contributed by atoms with Gasteiger partial charge >= 0.3 is 0 Å². The predicted octanol–water partition coefficient (Wildman–Crippen LogP) is 0.359. The second kappa shape index (κ2) is 4.61. The van der Waals surface area contributed by atoms with Gasteiger partial charge in [0, 0.05) is 12.0 Å². The van der Waals surface area contributed by atoms with Crippen molar-refractivity contribution in [3.63, 3.8) is 0 Å². The number of carbonyl (C=O) groups is 2. The smallest absolute Gasteiger partial charge is 0.267 e. The molecule has 1 fully saturated rings. The van der Waals surface area contributed by atoms with E-state index in [1.54, 1.807) is 20.8 Å². The first kappa shape index (κ1) is 12.0. The zero-order valence-electron chi connectivity index (χ0n) is 9.42. The Morgan fingerprint density at radius 1 is 1.27 bits per heavy atom. The molecule has 5 heteroatoms. The van der Waals surface area contributed by atoms with Gasteiger partial charge in [0.15, 0.2) is 0 Å². The summed E-state index contributed by atoms with van der Waals surface area (Å²) in [6.45, 7) is 5.95. The Morgan fingerprint density at radius 2 is 1.93 bits per heavy atom. The Morgan fingerprint density at radius 3 is 2.40 bits per heavy atom. The van der Waals surface area contributed by atoms with E-state index in [1.165, 1.54) is 0 Å². The minimum atomic E-state index is -0.510. The van der Waals surface area contributed by atoms with E-state index in [-0.39, 0.29) is 11.8 Å². The van der Waals surface area contributed by atoms with Gasteiger partial charge in [-0.2, -0.15) is 0 Å². The van der Waals surface area contributed by atoms with E-state index in [1.807, 2.05) is 0 Å². The molecule has 1 atom stereocenters. The van der Waals surface area contributed by atoms with Gasteiger partial charge in [-0.15, -0.1) is 0 Å². The Bertz CT molecular complexity index is 252. The van der Waals surface area contributed by atoms with Crippen LogP contribution in [0.5, 0.6) is 0 Å². The van der Waals surface area contributed by atoms with Crippen LogP contribution in [0.1, 0.15) is 33.6 Å². The van der Waals surface area contributed by atoms with E-state index in [0.29, 0.717) is 6.61 Å². The summed E-state index contributed by atoms with van der Waals surface area (Å²) in [5.41, 5.74) is 4.24. The molecule has 0 aromatic heterocycles. The summed E-state index contributed by atoms with van der Waals surface area (Å²) in [5.74, 6) is -0.487. The Balaban J connectivity index is 2.30. The summed E-state index contributed by atoms with van der Waals surface area (Å²) in [4.78, 5) is 22.8. The van der Waals surface area contributed by atoms with Crippen LogP contribution in [0, 0.1) is 5.41 Å². The summed E-state index contributed by atoms with van der Waals surface area (Å²) in [7, 11) is 0. The quantitative estimate of drug-likeness (QED) is 0.619. The Labute approximate surface area is 89.5 Å². The van der Waals surface area contributed by atoms with Crippen LogP contribution in [-0.4, -0.2) is 24.5 Å². The van der Waals surface area contributed by atoms with Crippen LogP contribution in [0.15, 0.2) is 0 Å². The molecule has 1 aliphatic heterocycles. The van der Waals surface area contributed by atoms with Crippen molar-refractivity contribution in [2.75, 3.05) is 6.61 Å². The lowest BCUT2D eigenvalue weighted by atomic mass is 9.96. The number of ether oxygens (including phenoxy) is 1. The maximum absolute atomic E-state index is 11.4. The summed E-state index contributed by atoms with van der Waals surface area (Å²) < 4.78 is 5.17. The maximum atomic E-state index is 11.4. The number of nitrogens with one attached hydrogen (secondary N) is 2. The lowest BCUT2D eigenvalue weighted by Crippen LogP contribution is -2.49. The third-order valence-corrected chi connectivity index (χ3v) is 2.20. The van der Waals surface area contributed by atoms with Gasteiger partial charge < -0.3 is 4.74 Å². The molecule has 5 nitrogen and oxygen atoms in total. The molecule has 0 aromatic rings. The van der Waals surface area contributed by atoms with Crippen molar-refractivity contribution in [1.29, 1.82) is 0 Å². The standard InChI is InChI=1S/C10H18N2O3/c1-10(2,3)9(14)12-11-8(13)7-5-4-6-15-7/h7H,4-6H2,1-3H3,(H,11,13)(H,12,14)/t7-/m1/s1. The molecule has 1 aliphatic rings. The zero-order valence-corrected chi connectivity index (χ0v) is 9.42. The van der Waals surface area contributed by atoms with Gasteiger partial charge in [-0.25, -0.2) is 0 Å². The molecule has 15 heavy (non-hydrogen) atoms. The second-order valence-corrected chi connectivity index (χ2v) is 4.70. The van der Waals surface area contributed by atoms with Crippen molar-refractivity contribution in [1.82, 2.24) is 10.9 Å². The van der Waals surface area contributed by atoms with Crippen molar-refractivity contribution in [2.24, 2.45) is 5.41 Å². The van der Waals surface area contributed by atoms with Gasteiger partial charge in [0.05, 0.1) is 0 Å². The minimum absolute atomic E-state index is 0.214. The number of carbonyl (C=O) groups excluding carboxylic acids is 2. The van der Waals surface area contributed by atoms with Gasteiger partial charge in [0.25, 0.3) is 5.91 Å². The molecule has 2 N–H and O–H groups in total. The maximum Gasteiger partial charge on any atom is 0.267 e. The number of hydrogen-bond acceptors (Lipinski definition) is 3. The SMILES string of the molecule is CC(C)(C)C(=O)NNC(=O)[C@H]1CCCO1. The van der Waals surface area contributed by atoms with Crippen molar-refractivity contribution in [3.8, 4) is 0 Å². The van der Waals surface area contributed by atoms with Crippen LogP contribution in [0.25, 0.3) is 0 Å². The number of amides is 2. The van der Waals surface area contributed by atoms with Gasteiger partial charge in [-0.05, 0) is 12.8 Å². The summed E-state index contributed by atoms with van der Waals surface area (Å²) in [5, 5.41) is 0. The molecule has 0 saturated carbocycles. The molecule has 86 valence electrons. The fraction of sp³-hybridized carbons (Fsp3) is 0.800. The average molecular weight is 214 g/mol. The van der Waals surface area contributed by atoms with Crippen LogP contribution < -0.4 is 10.9 Å². The fourth-order valence-electron chi connectivity index (χ4n) is 1.17. The van der Waals surface area contributed by atoms with Crippen LogP contribution in [0.4, 0.5) is 0 Å². The van der Waals surface area contributed by atoms with Crippen LogP contribution in [-0.2, 0) is 14.3 Å². The first-order valence-corrected chi connectivity index (χ1v) is 5.13. The van der Waals surface area contributed by atoms with Gasteiger partial charge in [-0.3, -0.25) is 20.4 Å². The highest BCUT2D eigenvalue weighted by Gasteiger charge is 2.26. The van der Waals surface area contributed by atoms with Crippen molar-refractivity contribution in [2.45, 2.75) is 39.7 Å². The highest BCUT2D eigenvalue weighted by molar-refractivity contribution is 5.86. The van der Waals surface area contributed by atoms with E-state index in [0.717, 1.165) is 12.8 Å². The van der Waals surface area contributed by atoms with E-state index < -0.39 is 11.5 Å². The normalized spacial score (nSPS) is 21.1. The van der Waals surface area contributed by atoms with Crippen molar-refractivity contribution in [3.05, 3.63) is 0 Å². The first-order chi connectivity index (χ1) is 6.91. The van der Waals surface area contributed by atoms with Gasteiger partial charge in [0.1, 0.15) is 6.10 Å². The topological polar surface area (TPSA) is 67.4 Å². The molecule has 0 aromatic carbocycles. The highest BCUT2D eigenvalue weighted by atomic mass is 16.5. The van der Waals surface area contributed by atoms with E-state index in [4.69, 9.17) is 4.74 Å². The third kappa shape index (κ3) is 3.51. The molecule has 1 saturated heterocycles. The monoisotopic (exact) mass is 214 g/mol. The predicted molar refractivity (Wildman–Crippen MR) is 54.7 cm³/mol. The Kier molecular flexibility index (Phi) is 3.68. The molecule has 0 spiro atoms. The lowest BCUT2D eigenvalue weighted by molar-refractivity contribution is -0.137. The largest absolute Gasteiger partial charge is 0.368 e. The average Bonchev–Trinajstić information content (AvgIpc) is 2.64. The van der Waals surface area contributed by atoms with E-state index in [2.05, 4.69) is 10.9 Å². The zero-order chi connectivity index (χ0) is 11.5. The second-order valence-electron chi connectivity index (χ2n) is 4.70. The number of hydrazine groups is 1. The number of rotatable bonds is 1. The highest BCUT2D eigenvalue weighted by Crippen LogP contribution is 2.13. The lowest BCUT2D eigenvalue weighted by Gasteiger charge is -2.18. The fourth-order valence-corrected chi connectivity index (χ4v) is 1.17. The van der Waals surface area contributed by atoms with Crippen molar-refractivity contribution >= 4 is 11.8 Å². The summed E-state index contributed by atoms with van der Waals surface area (Å²) in [6, 6.07) is 0. The third-order valence-electron chi connectivity index (χ3n) is 2.20. The molecule has 1 heterocycles. The molecule has 0 radical (unpaired) electrons. The molecule has 0 aliphatic carbocycles.